The van der Waals surface area contributed by atoms with Crippen molar-refractivity contribution in [3.63, 3.8) is 0 Å². The number of esters is 1. The molecule has 0 unspecified atom stereocenters. The number of ketones is 1. The van der Waals surface area contributed by atoms with Crippen LogP contribution in [0.4, 0.5) is 0 Å². The van der Waals surface area contributed by atoms with Crippen molar-refractivity contribution >= 4 is 17.7 Å². The van der Waals surface area contributed by atoms with Crippen LogP contribution in [-0.2, 0) is 14.3 Å². The van der Waals surface area contributed by atoms with Crippen LogP contribution in [-0.4, -0.2) is 50.9 Å². The van der Waals surface area contributed by atoms with Crippen LogP contribution in [0.25, 0.3) is 0 Å². The number of ether oxygens (including phenoxy) is 1. The lowest BCUT2D eigenvalue weighted by Gasteiger charge is -2.33. The van der Waals surface area contributed by atoms with Gasteiger partial charge in [0.1, 0.15) is 23.5 Å². The lowest BCUT2D eigenvalue weighted by atomic mass is 9.64. The Kier molecular flexibility index (Phi) is 3.52. The van der Waals surface area contributed by atoms with Gasteiger partial charge in [-0.05, 0) is 31.0 Å². The summed E-state index contributed by atoms with van der Waals surface area (Å²) in [6.07, 6.45) is -1.80. The fraction of sp³-hybridized carbons (Fsp3) is 0.438. The summed E-state index contributed by atoms with van der Waals surface area (Å²) in [5, 5.41) is 39.1. The number of carbonyl (C=O) groups is 3. The van der Waals surface area contributed by atoms with E-state index in [-0.39, 0.29) is 29.9 Å². The molecule has 2 aliphatic rings. The Bertz CT molecular complexity index is 742. The van der Waals surface area contributed by atoms with E-state index < -0.39 is 47.7 Å². The maximum atomic E-state index is 12.6. The second-order valence-corrected chi connectivity index (χ2v) is 6.29. The van der Waals surface area contributed by atoms with Crippen LogP contribution >= 0.6 is 0 Å². The predicted molar refractivity (Wildman–Crippen MR) is 77.4 cm³/mol. The van der Waals surface area contributed by atoms with Gasteiger partial charge in [-0.15, -0.1) is 0 Å². The zero-order valence-electron chi connectivity index (χ0n) is 12.6. The zero-order chi connectivity index (χ0) is 17.7. The summed E-state index contributed by atoms with van der Waals surface area (Å²) in [4.78, 5) is 36.7. The molecule has 0 amide bonds. The van der Waals surface area contributed by atoms with E-state index in [2.05, 4.69) is 0 Å². The minimum Gasteiger partial charge on any atom is -0.508 e. The maximum Gasteiger partial charge on any atom is 0.317 e. The normalized spacial score (nSPS) is 31.5. The number of cyclic esters (lactones) is 1. The molecule has 1 aliphatic carbocycles. The highest BCUT2D eigenvalue weighted by atomic mass is 16.5. The van der Waals surface area contributed by atoms with Crippen molar-refractivity contribution in [1.29, 1.82) is 0 Å². The fourth-order valence-corrected chi connectivity index (χ4v) is 3.85. The number of rotatable bonds is 4. The minimum absolute atomic E-state index is 0.00931. The van der Waals surface area contributed by atoms with E-state index in [4.69, 9.17) is 4.74 Å². The molecule has 8 nitrogen and oxygen atoms in total. The standard InChI is InChI=1S/C16H16O8/c17-8-1-2-10(18)9(5-8)11(19)6-15-4-3-12(20)16(15,13(21)22)7-24-14(15)23/h1-2,5,12,17-18,20H,3-4,6-7H2,(H,21,22)/t12-,15+,16-/m0/s1. The number of carbonyl (C=O) groups excluding carboxylic acids is 2. The first kappa shape index (κ1) is 16.3. The van der Waals surface area contributed by atoms with Crippen molar-refractivity contribution in [3.8, 4) is 11.5 Å². The van der Waals surface area contributed by atoms with Crippen molar-refractivity contribution in [2.75, 3.05) is 6.61 Å². The number of fused-ring (bicyclic) bond motifs is 1. The number of Topliss-reactive ketones (excluding diaryl/α,β-unsaturated/α-hetero) is 1. The van der Waals surface area contributed by atoms with Crippen LogP contribution in [0, 0.1) is 10.8 Å². The third-order valence-corrected chi connectivity index (χ3v) is 5.21. The highest BCUT2D eigenvalue weighted by Gasteiger charge is 2.73. The number of carboxylic acid groups (broad SMARTS) is 1. The molecule has 1 heterocycles. The molecule has 1 saturated carbocycles. The molecule has 1 saturated heterocycles. The SMILES string of the molecule is O=C(C[C@@]12CC[C@H](O)[C@]1(C(=O)O)COC2=O)c1cc(O)ccc1O. The van der Waals surface area contributed by atoms with Gasteiger partial charge in [-0.2, -0.15) is 0 Å². The number of carboxylic acids is 1. The van der Waals surface area contributed by atoms with Crippen LogP contribution < -0.4 is 0 Å². The second-order valence-electron chi connectivity index (χ2n) is 6.29. The second kappa shape index (κ2) is 5.20. The largest absolute Gasteiger partial charge is 0.508 e. The number of phenolic OH excluding ortho intramolecular Hbond substituents is 2. The first-order valence-corrected chi connectivity index (χ1v) is 7.38. The van der Waals surface area contributed by atoms with E-state index in [9.17, 15) is 34.8 Å². The Morgan fingerprint density at radius 2 is 2.00 bits per heavy atom. The first-order chi connectivity index (χ1) is 11.2. The average molecular weight is 336 g/mol. The fourth-order valence-electron chi connectivity index (χ4n) is 3.85. The lowest BCUT2D eigenvalue weighted by molar-refractivity contribution is -0.162. The molecule has 128 valence electrons. The van der Waals surface area contributed by atoms with Gasteiger partial charge in [0.2, 0.25) is 0 Å². The molecule has 0 spiro atoms. The van der Waals surface area contributed by atoms with E-state index >= 15 is 0 Å². The van der Waals surface area contributed by atoms with Crippen LogP contribution in [0.5, 0.6) is 11.5 Å². The van der Waals surface area contributed by atoms with Crippen molar-refractivity contribution in [2.24, 2.45) is 10.8 Å². The summed E-state index contributed by atoms with van der Waals surface area (Å²) < 4.78 is 4.91. The molecule has 0 aromatic heterocycles. The van der Waals surface area contributed by atoms with Crippen molar-refractivity contribution in [2.45, 2.75) is 25.4 Å². The van der Waals surface area contributed by atoms with E-state index in [1.807, 2.05) is 0 Å². The third-order valence-electron chi connectivity index (χ3n) is 5.21. The smallest absolute Gasteiger partial charge is 0.317 e. The molecular formula is C16H16O8. The van der Waals surface area contributed by atoms with Gasteiger partial charge in [-0.3, -0.25) is 14.4 Å². The molecule has 3 atom stereocenters. The van der Waals surface area contributed by atoms with Crippen LogP contribution in [0.3, 0.4) is 0 Å². The van der Waals surface area contributed by atoms with E-state index in [1.54, 1.807) is 0 Å². The van der Waals surface area contributed by atoms with Gasteiger partial charge in [0.05, 0.1) is 17.1 Å². The van der Waals surface area contributed by atoms with E-state index in [0.717, 1.165) is 12.1 Å². The van der Waals surface area contributed by atoms with Gasteiger partial charge < -0.3 is 25.2 Å². The molecule has 24 heavy (non-hydrogen) atoms. The summed E-state index contributed by atoms with van der Waals surface area (Å²) in [6, 6.07) is 3.36. The van der Waals surface area contributed by atoms with Crippen molar-refractivity contribution in [1.82, 2.24) is 0 Å². The van der Waals surface area contributed by atoms with Gasteiger partial charge in [0, 0.05) is 6.42 Å². The number of phenols is 2. The molecule has 3 rings (SSSR count). The predicted octanol–water partition coefficient (Wildman–Crippen LogP) is 0.439. The summed E-state index contributed by atoms with van der Waals surface area (Å²) in [5.74, 6) is -3.58. The van der Waals surface area contributed by atoms with Gasteiger partial charge in [-0.1, -0.05) is 0 Å². The molecule has 0 radical (unpaired) electrons. The van der Waals surface area contributed by atoms with Gasteiger partial charge in [-0.25, -0.2) is 0 Å². The molecule has 0 bridgehead atoms. The average Bonchev–Trinajstić information content (AvgIpc) is 2.97. The number of hydrogen-bond donors (Lipinski definition) is 4. The van der Waals surface area contributed by atoms with Gasteiger partial charge in [0.15, 0.2) is 5.78 Å². The summed E-state index contributed by atoms with van der Waals surface area (Å²) in [6.45, 7) is -0.498. The summed E-state index contributed by atoms with van der Waals surface area (Å²) in [7, 11) is 0. The van der Waals surface area contributed by atoms with E-state index in [1.165, 1.54) is 6.07 Å². The monoisotopic (exact) mass is 336 g/mol. The van der Waals surface area contributed by atoms with Crippen LogP contribution in [0.1, 0.15) is 29.6 Å². The van der Waals surface area contributed by atoms with Gasteiger partial charge in [0.25, 0.3) is 0 Å². The Hall–Kier alpha value is -2.61. The Balaban J connectivity index is 2.03. The number of aliphatic hydroxyl groups excluding tert-OH is 1. The number of hydrogen-bond acceptors (Lipinski definition) is 7. The molecule has 2 fully saturated rings. The van der Waals surface area contributed by atoms with E-state index in [0.29, 0.717) is 0 Å². The maximum absolute atomic E-state index is 12.6. The summed E-state index contributed by atoms with van der Waals surface area (Å²) >= 11 is 0. The Morgan fingerprint density at radius 3 is 2.67 bits per heavy atom. The van der Waals surface area contributed by atoms with Crippen LogP contribution in [0.2, 0.25) is 0 Å². The minimum atomic E-state index is -1.88. The Labute approximate surface area is 136 Å². The number of benzene rings is 1. The Morgan fingerprint density at radius 1 is 1.29 bits per heavy atom. The first-order valence-electron chi connectivity index (χ1n) is 7.38. The molecular weight excluding hydrogens is 320 g/mol. The molecule has 1 aliphatic heterocycles. The van der Waals surface area contributed by atoms with Gasteiger partial charge >= 0.3 is 11.9 Å². The molecule has 1 aromatic rings. The quantitative estimate of drug-likeness (QED) is 0.352. The number of aliphatic carboxylic acids is 1. The topological polar surface area (TPSA) is 141 Å². The number of aliphatic hydroxyl groups is 1. The third kappa shape index (κ3) is 1.92. The van der Waals surface area contributed by atoms with Crippen molar-refractivity contribution < 1.29 is 39.5 Å². The number of aromatic hydroxyl groups is 2. The molecule has 1 aromatic carbocycles. The summed E-state index contributed by atoms with van der Waals surface area (Å²) in [5.41, 5.74) is -3.79. The van der Waals surface area contributed by atoms with Crippen molar-refractivity contribution in [3.05, 3.63) is 23.8 Å². The molecule has 4 N–H and O–H groups in total. The highest BCUT2D eigenvalue weighted by molar-refractivity contribution is 6.04. The van der Waals surface area contributed by atoms with Crippen LogP contribution in [0.15, 0.2) is 18.2 Å². The lowest BCUT2D eigenvalue weighted by Crippen LogP contribution is -2.51. The molecule has 8 heteroatoms. The highest BCUT2D eigenvalue weighted by Crippen LogP contribution is 2.60. The zero-order valence-corrected chi connectivity index (χ0v) is 12.6.